The van der Waals surface area contributed by atoms with E-state index in [0.717, 1.165) is 12.9 Å². The average molecular weight is 429 g/mol. The Morgan fingerprint density at radius 3 is 2.63 bits per heavy atom. The van der Waals surface area contributed by atoms with Crippen LogP contribution in [0.1, 0.15) is 20.8 Å². The van der Waals surface area contributed by atoms with Crippen LogP contribution in [0.15, 0.2) is 41.0 Å². The lowest BCUT2D eigenvalue weighted by Gasteiger charge is -2.14. The number of anilines is 1. The summed E-state index contributed by atoms with van der Waals surface area (Å²) in [5, 5.41) is 0. The van der Waals surface area contributed by atoms with Gasteiger partial charge in [-0.2, -0.15) is 0 Å². The Kier molecular flexibility index (Phi) is 3.14. The van der Waals surface area contributed by atoms with Crippen molar-refractivity contribution < 1.29 is 9.59 Å². The zero-order chi connectivity index (χ0) is 13.6. The summed E-state index contributed by atoms with van der Waals surface area (Å²) < 4.78 is 1.85. The third-order valence-corrected chi connectivity index (χ3v) is 5.15. The van der Waals surface area contributed by atoms with Crippen molar-refractivity contribution in [2.24, 2.45) is 0 Å². The summed E-state index contributed by atoms with van der Waals surface area (Å²) in [4.78, 5) is 29.6. The maximum Gasteiger partial charge on any atom is 0.284 e. The van der Waals surface area contributed by atoms with Crippen molar-refractivity contribution in [3.05, 3.63) is 55.8 Å². The fourth-order valence-corrected chi connectivity index (χ4v) is 2.63. The monoisotopic (exact) mass is 428 g/mol. The number of nitrogens with zero attached hydrogens (tertiary/aromatic N) is 2. The van der Waals surface area contributed by atoms with Gasteiger partial charge in [0.05, 0.1) is 11.3 Å². The summed E-state index contributed by atoms with van der Waals surface area (Å²) in [5.41, 5.74) is 1.10. The summed E-state index contributed by atoms with van der Waals surface area (Å²) in [6, 6.07) is 8.61. The van der Waals surface area contributed by atoms with E-state index < -0.39 is 0 Å². The highest BCUT2D eigenvalue weighted by atomic mass is 127. The number of hydrogen-bond donors (Lipinski definition) is 0. The first-order chi connectivity index (χ1) is 9.09. The lowest BCUT2D eigenvalue weighted by molar-refractivity contribution is 0.0924. The molecule has 0 aliphatic carbocycles. The molecule has 2 heterocycles. The molecule has 0 saturated carbocycles. The molecule has 0 radical (unpaired) electrons. The van der Waals surface area contributed by atoms with E-state index in [1.54, 1.807) is 24.3 Å². The number of benzene rings is 1. The molecule has 1 aromatic heterocycles. The Hall–Kier alpha value is -1.28. The van der Waals surface area contributed by atoms with Crippen molar-refractivity contribution in [1.82, 2.24) is 4.98 Å². The fourth-order valence-electron chi connectivity index (χ4n) is 1.93. The van der Waals surface area contributed by atoms with Crippen LogP contribution >= 0.6 is 38.5 Å². The molecule has 0 unspecified atom stereocenters. The van der Waals surface area contributed by atoms with E-state index >= 15 is 0 Å². The molecule has 1 aliphatic rings. The summed E-state index contributed by atoms with van der Waals surface area (Å²) in [7, 11) is 0. The fraction of sp³-hybridized carbons (Fsp3) is 0. The molecule has 2 aromatic rings. The second-order valence-corrected chi connectivity index (χ2v) is 5.96. The largest absolute Gasteiger partial charge is 0.284 e. The van der Waals surface area contributed by atoms with Crippen molar-refractivity contribution in [3.8, 4) is 0 Å². The van der Waals surface area contributed by atoms with Gasteiger partial charge in [0.25, 0.3) is 11.8 Å². The van der Waals surface area contributed by atoms with Crippen molar-refractivity contribution in [2.45, 2.75) is 0 Å². The summed E-state index contributed by atoms with van der Waals surface area (Å²) in [5.74, 6) is -0.713. The lowest BCUT2D eigenvalue weighted by atomic mass is 10.2. The number of imide groups is 1. The topological polar surface area (TPSA) is 50.3 Å². The molecular weight excluding hydrogens is 423 g/mol. The molecule has 2 amide bonds. The first-order valence-corrected chi connectivity index (χ1v) is 7.25. The molecule has 3 rings (SSSR count). The Morgan fingerprint density at radius 1 is 1.16 bits per heavy atom. The van der Waals surface area contributed by atoms with Crippen LogP contribution in [-0.4, -0.2) is 16.8 Å². The van der Waals surface area contributed by atoms with E-state index in [1.165, 1.54) is 6.20 Å². The molecule has 0 atom stereocenters. The maximum atomic E-state index is 12.3. The number of pyridine rings is 1. The number of amides is 2. The molecule has 0 N–H and O–H groups in total. The van der Waals surface area contributed by atoms with Crippen LogP contribution in [-0.2, 0) is 0 Å². The molecule has 94 valence electrons. The van der Waals surface area contributed by atoms with Crippen LogP contribution < -0.4 is 4.90 Å². The van der Waals surface area contributed by atoms with Crippen LogP contribution in [0.5, 0.6) is 0 Å². The van der Waals surface area contributed by atoms with Crippen LogP contribution in [0.4, 0.5) is 5.69 Å². The van der Waals surface area contributed by atoms with Gasteiger partial charge in [-0.25, -0.2) is 4.90 Å². The Bertz CT molecular complexity index is 683. The smallest absolute Gasteiger partial charge is 0.268 e. The predicted octanol–water partition coefficient (Wildman–Crippen LogP) is 3.25. The average Bonchev–Trinajstić information content (AvgIpc) is 2.66. The number of carbonyl (C=O) groups is 2. The van der Waals surface area contributed by atoms with Crippen molar-refractivity contribution in [1.29, 1.82) is 0 Å². The van der Waals surface area contributed by atoms with Gasteiger partial charge in [0, 0.05) is 14.2 Å². The number of carbonyl (C=O) groups excluding carboxylic acids is 2. The van der Waals surface area contributed by atoms with Gasteiger partial charge in [0.1, 0.15) is 5.69 Å². The number of hydrogen-bond acceptors (Lipinski definition) is 3. The molecule has 0 bridgehead atoms. The minimum absolute atomic E-state index is 0.210. The quantitative estimate of drug-likeness (QED) is 0.517. The molecule has 0 fully saturated rings. The van der Waals surface area contributed by atoms with E-state index in [9.17, 15) is 9.59 Å². The molecule has 6 heteroatoms. The predicted molar refractivity (Wildman–Crippen MR) is 82.2 cm³/mol. The number of aromatic nitrogens is 1. The molecule has 1 aromatic carbocycles. The van der Waals surface area contributed by atoms with Gasteiger partial charge in [-0.3, -0.25) is 14.6 Å². The van der Waals surface area contributed by atoms with E-state index in [-0.39, 0.29) is 17.5 Å². The minimum Gasteiger partial charge on any atom is -0.268 e. The first-order valence-electron chi connectivity index (χ1n) is 5.38. The number of halogens is 2. The second kappa shape index (κ2) is 4.68. The standard InChI is InChI=1S/C13H6BrIN2O2/c14-9-6-7(3-4-10(9)15)17-12(18)8-2-1-5-16-11(8)13(17)19/h1-6H. The second-order valence-electron chi connectivity index (χ2n) is 3.94. The minimum atomic E-state index is -0.381. The normalized spacial score (nSPS) is 13.9. The molecule has 0 spiro atoms. The lowest BCUT2D eigenvalue weighted by Crippen LogP contribution is -2.29. The Balaban J connectivity index is 2.11. The third-order valence-electron chi connectivity index (χ3n) is 2.81. The Morgan fingerprint density at radius 2 is 1.95 bits per heavy atom. The zero-order valence-corrected chi connectivity index (χ0v) is 13.2. The summed E-state index contributed by atoms with van der Waals surface area (Å²) >= 11 is 5.56. The van der Waals surface area contributed by atoms with Crippen LogP contribution in [0.3, 0.4) is 0 Å². The van der Waals surface area contributed by atoms with Crippen molar-refractivity contribution in [3.63, 3.8) is 0 Å². The van der Waals surface area contributed by atoms with E-state index in [4.69, 9.17) is 0 Å². The highest BCUT2D eigenvalue weighted by molar-refractivity contribution is 14.1. The van der Waals surface area contributed by atoms with Gasteiger partial charge in [-0.05, 0) is 68.9 Å². The highest BCUT2D eigenvalue weighted by Crippen LogP contribution is 2.30. The number of fused-ring (bicyclic) bond motifs is 1. The third kappa shape index (κ3) is 1.99. The van der Waals surface area contributed by atoms with Gasteiger partial charge < -0.3 is 0 Å². The first kappa shape index (κ1) is 12.7. The summed E-state index contributed by atoms with van der Waals surface area (Å²) in [6.45, 7) is 0. The van der Waals surface area contributed by atoms with Crippen LogP contribution in [0, 0.1) is 3.57 Å². The van der Waals surface area contributed by atoms with E-state index in [2.05, 4.69) is 43.5 Å². The van der Waals surface area contributed by atoms with Crippen LogP contribution in [0.2, 0.25) is 0 Å². The van der Waals surface area contributed by atoms with Gasteiger partial charge in [-0.15, -0.1) is 0 Å². The van der Waals surface area contributed by atoms with Gasteiger partial charge in [0.2, 0.25) is 0 Å². The number of rotatable bonds is 1. The van der Waals surface area contributed by atoms with Crippen LogP contribution in [0.25, 0.3) is 0 Å². The molecule has 0 saturated heterocycles. The van der Waals surface area contributed by atoms with Gasteiger partial charge >= 0.3 is 0 Å². The molecule has 4 nitrogen and oxygen atoms in total. The Labute approximate surface area is 131 Å². The molecular formula is C13H6BrIN2O2. The van der Waals surface area contributed by atoms with Gasteiger partial charge in [0.15, 0.2) is 0 Å². The van der Waals surface area contributed by atoms with E-state index in [0.29, 0.717) is 11.3 Å². The van der Waals surface area contributed by atoms with Gasteiger partial charge in [-0.1, -0.05) is 0 Å². The highest BCUT2D eigenvalue weighted by Gasteiger charge is 2.37. The SMILES string of the molecule is O=C1c2cccnc2C(=O)N1c1ccc(I)c(Br)c1. The summed E-state index contributed by atoms with van der Waals surface area (Å²) in [6.07, 6.45) is 1.51. The van der Waals surface area contributed by atoms with Crippen molar-refractivity contribution in [2.75, 3.05) is 4.90 Å². The zero-order valence-electron chi connectivity index (χ0n) is 9.43. The maximum absolute atomic E-state index is 12.3. The molecule has 19 heavy (non-hydrogen) atoms. The van der Waals surface area contributed by atoms with Crippen molar-refractivity contribution >= 4 is 56.0 Å². The van der Waals surface area contributed by atoms with E-state index in [1.807, 2.05) is 6.07 Å². The molecule has 1 aliphatic heterocycles.